The Morgan fingerprint density at radius 2 is 2.05 bits per heavy atom. The maximum atomic E-state index is 12.4. The highest BCUT2D eigenvalue weighted by molar-refractivity contribution is 5.99. The number of hydrogen-bond donors (Lipinski definition) is 1. The van der Waals surface area contributed by atoms with E-state index >= 15 is 0 Å². The average molecular weight is 260 g/mol. The third kappa shape index (κ3) is 2.68. The molecule has 0 spiro atoms. The number of Topliss-reactive ketones (excluding diaryl/α,β-unsaturated/α-hetero) is 1. The van der Waals surface area contributed by atoms with Crippen LogP contribution in [0.15, 0.2) is 24.3 Å². The second-order valence-electron chi connectivity index (χ2n) is 5.47. The lowest BCUT2D eigenvalue weighted by Gasteiger charge is -2.40. The van der Waals surface area contributed by atoms with E-state index in [-0.39, 0.29) is 18.2 Å². The second-order valence-corrected chi connectivity index (χ2v) is 5.47. The van der Waals surface area contributed by atoms with Gasteiger partial charge in [0.25, 0.3) is 0 Å². The lowest BCUT2D eigenvalue weighted by molar-refractivity contribution is -0.134. The van der Waals surface area contributed by atoms with Crippen LogP contribution in [0.5, 0.6) is 0 Å². The van der Waals surface area contributed by atoms with E-state index in [2.05, 4.69) is 5.32 Å². The Bertz CT molecular complexity index is 509. The largest absolute Gasteiger partial charge is 0.353 e. The monoisotopic (exact) mass is 260 g/mol. The number of aryl methyl sites for hydroxylation is 1. The number of rotatable bonds is 3. The molecule has 4 heteroatoms. The van der Waals surface area contributed by atoms with Crippen LogP contribution < -0.4 is 5.32 Å². The van der Waals surface area contributed by atoms with E-state index in [1.165, 1.54) is 0 Å². The first kappa shape index (κ1) is 13.7. The van der Waals surface area contributed by atoms with Crippen molar-refractivity contribution in [3.63, 3.8) is 0 Å². The summed E-state index contributed by atoms with van der Waals surface area (Å²) < 4.78 is 0. The summed E-state index contributed by atoms with van der Waals surface area (Å²) in [6.45, 7) is 7.23. The van der Waals surface area contributed by atoms with E-state index in [1.54, 1.807) is 0 Å². The van der Waals surface area contributed by atoms with Gasteiger partial charge >= 0.3 is 0 Å². The molecular weight excluding hydrogens is 240 g/mol. The fraction of sp³-hybridized carbons (Fsp3) is 0.467. The molecule has 1 N–H and O–H groups in total. The first-order valence-electron chi connectivity index (χ1n) is 6.55. The molecule has 0 aromatic heterocycles. The molecule has 1 amide bonds. The van der Waals surface area contributed by atoms with Crippen LogP contribution in [0.4, 0.5) is 0 Å². The van der Waals surface area contributed by atoms with Crippen molar-refractivity contribution >= 4 is 11.7 Å². The minimum Gasteiger partial charge on any atom is -0.353 e. The number of piperazine rings is 1. The quantitative estimate of drug-likeness (QED) is 0.836. The minimum atomic E-state index is -0.628. The Balaban J connectivity index is 2.15. The Kier molecular flexibility index (Phi) is 3.71. The SMILES string of the molecule is Cc1ccccc1C(=O)CN1CCNC(=O)C1(C)C. The number of carbonyl (C=O) groups excluding carboxylic acids is 2. The minimum absolute atomic E-state index is 0.0173. The molecule has 1 aromatic carbocycles. The van der Waals surface area contributed by atoms with E-state index in [0.717, 1.165) is 11.1 Å². The number of hydrogen-bond acceptors (Lipinski definition) is 3. The lowest BCUT2D eigenvalue weighted by Crippen LogP contribution is -2.62. The smallest absolute Gasteiger partial charge is 0.240 e. The van der Waals surface area contributed by atoms with Gasteiger partial charge in [0.05, 0.1) is 12.1 Å². The van der Waals surface area contributed by atoms with Crippen LogP contribution in [0.1, 0.15) is 29.8 Å². The molecule has 2 rings (SSSR count). The van der Waals surface area contributed by atoms with Gasteiger partial charge in [-0.15, -0.1) is 0 Å². The van der Waals surface area contributed by atoms with Crippen LogP contribution in [-0.2, 0) is 4.79 Å². The molecular formula is C15H20N2O2. The summed E-state index contributed by atoms with van der Waals surface area (Å²) in [6.07, 6.45) is 0. The van der Waals surface area contributed by atoms with Gasteiger partial charge in [0.1, 0.15) is 0 Å². The van der Waals surface area contributed by atoms with Gasteiger partial charge in [-0.3, -0.25) is 14.5 Å². The lowest BCUT2D eigenvalue weighted by atomic mass is 9.97. The van der Waals surface area contributed by atoms with E-state index < -0.39 is 5.54 Å². The third-order valence-electron chi connectivity index (χ3n) is 3.79. The molecule has 0 aliphatic carbocycles. The first-order chi connectivity index (χ1) is 8.93. The van der Waals surface area contributed by atoms with Crippen LogP contribution in [0, 0.1) is 6.92 Å². The van der Waals surface area contributed by atoms with Gasteiger partial charge in [-0.05, 0) is 26.3 Å². The molecule has 1 fully saturated rings. The van der Waals surface area contributed by atoms with Gasteiger partial charge in [-0.1, -0.05) is 24.3 Å². The summed E-state index contributed by atoms with van der Waals surface area (Å²) in [5, 5.41) is 2.83. The molecule has 4 nitrogen and oxygen atoms in total. The molecule has 0 saturated carbocycles. The Morgan fingerprint density at radius 1 is 1.37 bits per heavy atom. The number of amides is 1. The molecule has 1 aliphatic rings. The van der Waals surface area contributed by atoms with Gasteiger partial charge in [-0.25, -0.2) is 0 Å². The molecule has 0 atom stereocenters. The maximum Gasteiger partial charge on any atom is 0.240 e. The summed E-state index contributed by atoms with van der Waals surface area (Å²) >= 11 is 0. The zero-order valence-electron chi connectivity index (χ0n) is 11.7. The highest BCUT2D eigenvalue weighted by atomic mass is 16.2. The van der Waals surface area contributed by atoms with Crippen molar-refractivity contribution in [2.45, 2.75) is 26.3 Å². The maximum absolute atomic E-state index is 12.4. The molecule has 0 radical (unpaired) electrons. The number of nitrogens with zero attached hydrogens (tertiary/aromatic N) is 1. The zero-order valence-corrected chi connectivity index (χ0v) is 11.7. The zero-order chi connectivity index (χ0) is 14.0. The number of ketones is 1. The third-order valence-corrected chi connectivity index (χ3v) is 3.79. The summed E-state index contributed by atoms with van der Waals surface area (Å²) in [6, 6.07) is 7.56. The van der Waals surface area contributed by atoms with E-state index in [0.29, 0.717) is 13.1 Å². The highest BCUT2D eigenvalue weighted by Crippen LogP contribution is 2.19. The summed E-state index contributed by atoms with van der Waals surface area (Å²) in [5.41, 5.74) is 1.09. The summed E-state index contributed by atoms with van der Waals surface area (Å²) in [7, 11) is 0. The molecule has 0 bridgehead atoms. The van der Waals surface area contributed by atoms with Crippen molar-refractivity contribution in [2.75, 3.05) is 19.6 Å². The molecule has 19 heavy (non-hydrogen) atoms. The van der Waals surface area contributed by atoms with Gasteiger partial charge in [0.15, 0.2) is 5.78 Å². The standard InChI is InChI=1S/C15H20N2O2/c1-11-6-4-5-7-12(11)13(18)10-17-9-8-16-14(19)15(17,2)3/h4-7H,8-10H2,1-3H3,(H,16,19). The Labute approximate surface area is 113 Å². The van der Waals surface area contributed by atoms with Crippen LogP contribution in [-0.4, -0.2) is 41.8 Å². The second kappa shape index (κ2) is 5.13. The fourth-order valence-electron chi connectivity index (χ4n) is 2.36. The van der Waals surface area contributed by atoms with E-state index in [4.69, 9.17) is 0 Å². The Morgan fingerprint density at radius 3 is 2.74 bits per heavy atom. The molecule has 0 unspecified atom stereocenters. The van der Waals surface area contributed by atoms with Crippen molar-refractivity contribution in [1.82, 2.24) is 10.2 Å². The Hall–Kier alpha value is -1.68. The normalized spacial score (nSPS) is 19.0. The van der Waals surface area contributed by atoms with Crippen LogP contribution in [0.25, 0.3) is 0 Å². The van der Waals surface area contributed by atoms with Gasteiger partial charge in [0.2, 0.25) is 5.91 Å². The molecule has 1 aliphatic heterocycles. The average Bonchev–Trinajstić information content (AvgIpc) is 2.36. The summed E-state index contributed by atoms with van der Waals surface area (Å²) in [5.74, 6) is 0.0530. The highest BCUT2D eigenvalue weighted by Gasteiger charge is 2.38. The van der Waals surface area contributed by atoms with Crippen LogP contribution in [0.3, 0.4) is 0 Å². The van der Waals surface area contributed by atoms with Crippen molar-refractivity contribution in [3.05, 3.63) is 35.4 Å². The van der Waals surface area contributed by atoms with Crippen LogP contribution >= 0.6 is 0 Å². The van der Waals surface area contributed by atoms with Gasteiger partial charge in [0, 0.05) is 18.7 Å². The van der Waals surface area contributed by atoms with Crippen molar-refractivity contribution in [3.8, 4) is 0 Å². The van der Waals surface area contributed by atoms with E-state index in [9.17, 15) is 9.59 Å². The van der Waals surface area contributed by atoms with Crippen molar-refractivity contribution in [2.24, 2.45) is 0 Å². The predicted octanol–water partition coefficient (Wildman–Crippen LogP) is 1.39. The predicted molar refractivity (Wildman–Crippen MR) is 74.2 cm³/mol. The molecule has 1 aromatic rings. The van der Waals surface area contributed by atoms with E-state index in [1.807, 2.05) is 49.9 Å². The van der Waals surface area contributed by atoms with Crippen molar-refractivity contribution in [1.29, 1.82) is 0 Å². The van der Waals surface area contributed by atoms with Gasteiger partial charge < -0.3 is 5.32 Å². The first-order valence-corrected chi connectivity index (χ1v) is 6.55. The summed E-state index contributed by atoms with van der Waals surface area (Å²) in [4.78, 5) is 26.1. The topological polar surface area (TPSA) is 49.4 Å². The number of benzene rings is 1. The van der Waals surface area contributed by atoms with Crippen molar-refractivity contribution < 1.29 is 9.59 Å². The fourth-order valence-corrected chi connectivity index (χ4v) is 2.36. The molecule has 1 saturated heterocycles. The van der Waals surface area contributed by atoms with Gasteiger partial charge in [-0.2, -0.15) is 0 Å². The number of carbonyl (C=O) groups is 2. The molecule has 102 valence electrons. The number of nitrogens with one attached hydrogen (secondary N) is 1. The van der Waals surface area contributed by atoms with Crippen LogP contribution in [0.2, 0.25) is 0 Å². The molecule has 1 heterocycles.